The number of nitrogens with zero attached hydrogens (tertiary/aromatic N) is 2. The molecule has 3 aromatic rings. The molecule has 1 N–H and O–H groups in total. The lowest BCUT2D eigenvalue weighted by molar-refractivity contribution is -0.139. The summed E-state index contributed by atoms with van der Waals surface area (Å²) < 4.78 is 34.9. The molecule has 1 saturated carbocycles. The second kappa shape index (κ2) is 13.7. The highest BCUT2D eigenvalue weighted by atomic mass is 32.2. The average Bonchev–Trinajstić information content (AvgIpc) is 3.48. The fourth-order valence-electron chi connectivity index (χ4n) is 5.16. The molecule has 0 bridgehead atoms. The molecule has 1 atom stereocenters. The van der Waals surface area contributed by atoms with Crippen molar-refractivity contribution in [3.63, 3.8) is 0 Å². The first-order valence-corrected chi connectivity index (χ1v) is 15.6. The fourth-order valence-corrected chi connectivity index (χ4v) is 6.60. The summed E-state index contributed by atoms with van der Waals surface area (Å²) in [5.74, 6) is -0.393. The number of rotatable bonds is 12. The van der Waals surface area contributed by atoms with Gasteiger partial charge < -0.3 is 15.0 Å². The Morgan fingerprint density at radius 1 is 0.976 bits per heavy atom. The van der Waals surface area contributed by atoms with E-state index in [1.165, 1.54) is 17.0 Å². The number of carbonyl (C=O) groups is 2. The van der Waals surface area contributed by atoms with Crippen LogP contribution in [0.3, 0.4) is 0 Å². The third kappa shape index (κ3) is 7.47. The highest BCUT2D eigenvalue weighted by Crippen LogP contribution is 2.33. The van der Waals surface area contributed by atoms with Crippen LogP contribution in [0, 0.1) is 6.92 Å². The summed E-state index contributed by atoms with van der Waals surface area (Å²) >= 11 is 0. The van der Waals surface area contributed by atoms with Crippen molar-refractivity contribution in [3.8, 4) is 5.75 Å². The summed E-state index contributed by atoms with van der Waals surface area (Å²) in [6.45, 7) is 5.45. The molecule has 0 unspecified atom stereocenters. The Hall–Kier alpha value is -3.85. The minimum atomic E-state index is -4.16. The normalized spacial score (nSPS) is 14.3. The van der Waals surface area contributed by atoms with Gasteiger partial charge in [-0.15, -0.1) is 0 Å². The van der Waals surface area contributed by atoms with Crippen LogP contribution in [0.1, 0.15) is 50.7 Å². The molecule has 8 nitrogen and oxygen atoms in total. The van der Waals surface area contributed by atoms with Gasteiger partial charge in [-0.25, -0.2) is 8.42 Å². The van der Waals surface area contributed by atoms with Crippen LogP contribution < -0.4 is 14.4 Å². The molecule has 1 aliphatic rings. The SMILES string of the molecule is CCOc1ccccc1N(CC(=O)N(Cc1cccc(C)c1)[C@H](C)C(=O)NC1CCCC1)S(=O)(=O)c1ccccc1. The van der Waals surface area contributed by atoms with Gasteiger partial charge in [-0.2, -0.15) is 0 Å². The van der Waals surface area contributed by atoms with E-state index in [4.69, 9.17) is 4.74 Å². The Balaban J connectivity index is 1.71. The molecular formula is C32H39N3O5S. The monoisotopic (exact) mass is 577 g/mol. The third-order valence-corrected chi connectivity index (χ3v) is 9.12. The number of carbonyl (C=O) groups excluding carboxylic acids is 2. The van der Waals surface area contributed by atoms with Gasteiger partial charge in [-0.3, -0.25) is 13.9 Å². The Bertz CT molecular complexity index is 1440. The van der Waals surface area contributed by atoms with Crippen LogP contribution in [0.2, 0.25) is 0 Å². The first-order valence-electron chi connectivity index (χ1n) is 14.2. The summed E-state index contributed by atoms with van der Waals surface area (Å²) in [6, 6.07) is 21.8. The molecule has 3 aromatic carbocycles. The number of hydrogen-bond donors (Lipinski definition) is 1. The van der Waals surface area contributed by atoms with E-state index in [0.29, 0.717) is 12.4 Å². The van der Waals surface area contributed by atoms with E-state index in [2.05, 4.69) is 5.32 Å². The standard InChI is InChI=1S/C32H39N3O5S/c1-4-40-30-20-11-10-19-29(30)35(41(38,39)28-17-6-5-7-18-28)23-31(36)34(22-26-14-12-13-24(2)21-26)25(3)32(37)33-27-15-8-9-16-27/h5-7,10-14,17-21,25,27H,4,8-9,15-16,22-23H2,1-3H3,(H,33,37)/t25-/m1/s1. The quantitative estimate of drug-likeness (QED) is 0.325. The molecule has 41 heavy (non-hydrogen) atoms. The van der Waals surface area contributed by atoms with Crippen LogP contribution >= 0.6 is 0 Å². The lowest BCUT2D eigenvalue weighted by atomic mass is 10.1. The number of nitrogens with one attached hydrogen (secondary N) is 1. The number of benzene rings is 3. The van der Waals surface area contributed by atoms with Gasteiger partial charge >= 0.3 is 0 Å². The van der Waals surface area contributed by atoms with E-state index in [1.54, 1.807) is 49.4 Å². The van der Waals surface area contributed by atoms with Crippen LogP contribution in [0.5, 0.6) is 5.75 Å². The predicted octanol–water partition coefficient (Wildman–Crippen LogP) is 5.07. The van der Waals surface area contributed by atoms with E-state index in [9.17, 15) is 18.0 Å². The first kappa shape index (κ1) is 30.1. The van der Waals surface area contributed by atoms with Crippen LogP contribution in [0.15, 0.2) is 83.8 Å². The van der Waals surface area contributed by atoms with Crippen molar-refractivity contribution in [1.82, 2.24) is 10.2 Å². The summed E-state index contributed by atoms with van der Waals surface area (Å²) in [5.41, 5.74) is 2.13. The summed E-state index contributed by atoms with van der Waals surface area (Å²) in [7, 11) is -4.16. The van der Waals surface area contributed by atoms with Crippen LogP contribution in [-0.2, 0) is 26.2 Å². The van der Waals surface area contributed by atoms with Crippen molar-refractivity contribution < 1.29 is 22.7 Å². The lowest BCUT2D eigenvalue weighted by Gasteiger charge is -2.33. The molecule has 0 saturated heterocycles. The Labute approximate surface area is 243 Å². The number of aryl methyl sites for hydroxylation is 1. The molecule has 0 spiro atoms. The maximum absolute atomic E-state index is 14.1. The van der Waals surface area contributed by atoms with Gasteiger partial charge in [0.25, 0.3) is 10.0 Å². The number of hydrogen-bond acceptors (Lipinski definition) is 5. The number of anilines is 1. The van der Waals surface area contributed by atoms with Gasteiger partial charge in [-0.1, -0.05) is 73.0 Å². The number of sulfonamides is 1. The molecule has 9 heteroatoms. The number of para-hydroxylation sites is 2. The van der Waals surface area contributed by atoms with E-state index < -0.39 is 28.5 Å². The maximum atomic E-state index is 14.1. The third-order valence-electron chi connectivity index (χ3n) is 7.35. The van der Waals surface area contributed by atoms with E-state index in [-0.39, 0.29) is 29.1 Å². The summed E-state index contributed by atoms with van der Waals surface area (Å²) in [5, 5.41) is 3.09. The smallest absolute Gasteiger partial charge is 0.264 e. The molecule has 0 heterocycles. The fraction of sp³-hybridized carbons (Fsp3) is 0.375. The minimum Gasteiger partial charge on any atom is -0.492 e. The largest absolute Gasteiger partial charge is 0.492 e. The van der Waals surface area contributed by atoms with Crippen molar-refractivity contribution in [3.05, 3.63) is 90.0 Å². The van der Waals surface area contributed by atoms with Crippen LogP contribution in [0.25, 0.3) is 0 Å². The minimum absolute atomic E-state index is 0.0522. The molecule has 0 aromatic heterocycles. The van der Waals surface area contributed by atoms with Crippen molar-refractivity contribution in [2.45, 2.75) is 70.0 Å². The topological polar surface area (TPSA) is 96.0 Å². The van der Waals surface area contributed by atoms with Crippen molar-refractivity contribution in [1.29, 1.82) is 0 Å². The van der Waals surface area contributed by atoms with E-state index >= 15 is 0 Å². The average molecular weight is 578 g/mol. The molecule has 4 rings (SSSR count). The molecule has 1 fully saturated rings. The van der Waals surface area contributed by atoms with Crippen LogP contribution in [-0.4, -0.2) is 50.4 Å². The molecular weight excluding hydrogens is 538 g/mol. The van der Waals surface area contributed by atoms with Gasteiger partial charge in [0, 0.05) is 12.6 Å². The Kier molecular flexibility index (Phi) is 10.0. The van der Waals surface area contributed by atoms with E-state index in [1.807, 2.05) is 38.1 Å². The van der Waals surface area contributed by atoms with E-state index in [0.717, 1.165) is 41.1 Å². The van der Waals surface area contributed by atoms with Crippen molar-refractivity contribution in [2.75, 3.05) is 17.5 Å². The molecule has 0 aliphatic heterocycles. The number of ether oxygens (including phenoxy) is 1. The van der Waals surface area contributed by atoms with Gasteiger partial charge in [0.2, 0.25) is 11.8 Å². The van der Waals surface area contributed by atoms with Gasteiger partial charge in [-0.05, 0) is 63.4 Å². The second-order valence-electron chi connectivity index (χ2n) is 10.4. The Morgan fingerprint density at radius 3 is 2.34 bits per heavy atom. The highest BCUT2D eigenvalue weighted by Gasteiger charge is 2.34. The zero-order valence-electron chi connectivity index (χ0n) is 24.0. The summed E-state index contributed by atoms with van der Waals surface area (Å²) in [6.07, 6.45) is 3.97. The molecule has 218 valence electrons. The van der Waals surface area contributed by atoms with Gasteiger partial charge in [0.05, 0.1) is 17.2 Å². The summed E-state index contributed by atoms with van der Waals surface area (Å²) in [4.78, 5) is 29.0. The second-order valence-corrected chi connectivity index (χ2v) is 12.3. The van der Waals surface area contributed by atoms with Gasteiger partial charge in [0.1, 0.15) is 18.3 Å². The number of amides is 2. The highest BCUT2D eigenvalue weighted by molar-refractivity contribution is 7.92. The van der Waals surface area contributed by atoms with Crippen LogP contribution in [0.4, 0.5) is 5.69 Å². The molecule has 2 amide bonds. The van der Waals surface area contributed by atoms with Crippen molar-refractivity contribution >= 4 is 27.5 Å². The first-order chi connectivity index (χ1) is 19.7. The van der Waals surface area contributed by atoms with Gasteiger partial charge in [0.15, 0.2) is 0 Å². The lowest BCUT2D eigenvalue weighted by Crippen LogP contribution is -2.52. The molecule has 0 radical (unpaired) electrons. The zero-order chi connectivity index (χ0) is 29.4. The molecule has 1 aliphatic carbocycles. The zero-order valence-corrected chi connectivity index (χ0v) is 24.8. The maximum Gasteiger partial charge on any atom is 0.264 e. The van der Waals surface area contributed by atoms with Crippen molar-refractivity contribution in [2.24, 2.45) is 0 Å². The Morgan fingerprint density at radius 2 is 1.66 bits per heavy atom. The predicted molar refractivity (Wildman–Crippen MR) is 160 cm³/mol.